The van der Waals surface area contributed by atoms with Crippen LogP contribution in [0.4, 0.5) is 5.69 Å². The first-order valence-corrected chi connectivity index (χ1v) is 8.46. The first-order valence-electron chi connectivity index (χ1n) is 7.58. The van der Waals surface area contributed by atoms with Gasteiger partial charge in [-0.2, -0.15) is 0 Å². The van der Waals surface area contributed by atoms with E-state index in [4.69, 9.17) is 5.73 Å². The maximum atomic E-state index is 5.95. The molecule has 19 heavy (non-hydrogen) atoms. The number of thioether (sulfide) groups is 1. The number of hydrogen-bond donors (Lipinski definition) is 2. The van der Waals surface area contributed by atoms with Crippen molar-refractivity contribution in [1.82, 2.24) is 0 Å². The molecule has 0 spiro atoms. The summed E-state index contributed by atoms with van der Waals surface area (Å²) in [5.74, 6) is 0. The summed E-state index contributed by atoms with van der Waals surface area (Å²) >= 11 is 2.06. The molecule has 3 N–H and O–H groups in total. The molecule has 2 saturated carbocycles. The number of hydrogen-bond acceptors (Lipinski definition) is 3. The quantitative estimate of drug-likeness (QED) is 0.872. The minimum Gasteiger partial charge on any atom is -0.382 e. The van der Waals surface area contributed by atoms with Crippen LogP contribution in [0.15, 0.2) is 29.2 Å². The van der Waals surface area contributed by atoms with Crippen LogP contribution in [0.3, 0.4) is 0 Å². The summed E-state index contributed by atoms with van der Waals surface area (Å²) in [6.07, 6.45) is 9.10. The van der Waals surface area contributed by atoms with E-state index in [0.29, 0.717) is 12.1 Å². The molecule has 2 aliphatic carbocycles. The van der Waals surface area contributed by atoms with Crippen LogP contribution in [-0.4, -0.2) is 17.3 Å². The number of anilines is 1. The lowest BCUT2D eigenvalue weighted by Crippen LogP contribution is -2.20. The highest BCUT2D eigenvalue weighted by Crippen LogP contribution is 2.35. The lowest BCUT2D eigenvalue weighted by molar-refractivity contribution is 0.688. The summed E-state index contributed by atoms with van der Waals surface area (Å²) in [4.78, 5) is 1.42. The van der Waals surface area contributed by atoms with Crippen molar-refractivity contribution in [3.05, 3.63) is 24.3 Å². The van der Waals surface area contributed by atoms with Crippen LogP contribution in [0.25, 0.3) is 0 Å². The average Bonchev–Trinajstić information content (AvgIpc) is 3.04. The third-order valence-electron chi connectivity index (χ3n) is 4.30. The highest BCUT2D eigenvalue weighted by molar-refractivity contribution is 8.00. The molecule has 0 amide bonds. The van der Waals surface area contributed by atoms with E-state index in [-0.39, 0.29) is 0 Å². The Hall–Kier alpha value is -0.670. The molecule has 1 aromatic carbocycles. The summed E-state index contributed by atoms with van der Waals surface area (Å²) in [5, 5.41) is 4.46. The molecule has 2 fully saturated rings. The van der Waals surface area contributed by atoms with Crippen molar-refractivity contribution in [2.24, 2.45) is 5.73 Å². The Bertz CT molecular complexity index is 398. The van der Waals surface area contributed by atoms with Crippen LogP contribution < -0.4 is 11.1 Å². The Labute approximate surface area is 120 Å². The molecule has 0 saturated heterocycles. The summed E-state index contributed by atoms with van der Waals surface area (Å²) in [6.45, 7) is 0. The van der Waals surface area contributed by atoms with Gasteiger partial charge in [-0.15, -0.1) is 11.8 Å². The molecule has 3 heteroatoms. The van der Waals surface area contributed by atoms with Crippen molar-refractivity contribution in [3.63, 3.8) is 0 Å². The monoisotopic (exact) mass is 276 g/mol. The van der Waals surface area contributed by atoms with Crippen molar-refractivity contribution in [3.8, 4) is 0 Å². The van der Waals surface area contributed by atoms with Gasteiger partial charge >= 0.3 is 0 Å². The maximum absolute atomic E-state index is 5.95. The van der Waals surface area contributed by atoms with E-state index in [1.54, 1.807) is 0 Å². The molecular weight excluding hydrogens is 252 g/mol. The molecule has 0 radical (unpaired) electrons. The minimum atomic E-state index is 0.398. The normalized spacial score (nSPS) is 27.8. The lowest BCUT2D eigenvalue weighted by Gasteiger charge is -2.15. The van der Waals surface area contributed by atoms with Gasteiger partial charge in [0.15, 0.2) is 0 Å². The van der Waals surface area contributed by atoms with Gasteiger partial charge in [0.25, 0.3) is 0 Å². The van der Waals surface area contributed by atoms with Crippen LogP contribution in [-0.2, 0) is 0 Å². The van der Waals surface area contributed by atoms with Crippen molar-refractivity contribution in [2.45, 2.75) is 67.2 Å². The Morgan fingerprint density at radius 1 is 1.00 bits per heavy atom. The van der Waals surface area contributed by atoms with E-state index in [0.717, 1.165) is 18.1 Å². The van der Waals surface area contributed by atoms with E-state index in [9.17, 15) is 0 Å². The van der Waals surface area contributed by atoms with Crippen LogP contribution in [0, 0.1) is 0 Å². The summed E-state index contributed by atoms with van der Waals surface area (Å²) in [5.41, 5.74) is 7.20. The zero-order valence-electron chi connectivity index (χ0n) is 11.5. The molecule has 0 aliphatic heterocycles. The molecule has 2 unspecified atom stereocenters. The molecular formula is C16H24N2S. The van der Waals surface area contributed by atoms with E-state index < -0.39 is 0 Å². The van der Waals surface area contributed by atoms with E-state index in [1.807, 2.05) is 0 Å². The highest BCUT2D eigenvalue weighted by Gasteiger charge is 2.21. The smallest absolute Gasteiger partial charge is 0.0343 e. The number of nitrogens with two attached hydrogens (primary N) is 1. The number of rotatable bonds is 4. The first kappa shape index (κ1) is 13.3. The fourth-order valence-electron chi connectivity index (χ4n) is 3.21. The molecule has 1 aromatic rings. The van der Waals surface area contributed by atoms with Crippen LogP contribution >= 0.6 is 11.8 Å². The largest absolute Gasteiger partial charge is 0.382 e. The molecule has 0 aromatic heterocycles. The summed E-state index contributed by atoms with van der Waals surface area (Å²) in [6, 6.07) is 9.95. The van der Waals surface area contributed by atoms with E-state index in [1.165, 1.54) is 42.7 Å². The molecule has 2 atom stereocenters. The second kappa shape index (κ2) is 6.19. The second-order valence-electron chi connectivity index (χ2n) is 5.96. The topological polar surface area (TPSA) is 38.0 Å². The molecule has 0 bridgehead atoms. The van der Waals surface area contributed by atoms with Gasteiger partial charge in [0.1, 0.15) is 0 Å². The number of benzene rings is 1. The molecule has 3 rings (SSSR count). The van der Waals surface area contributed by atoms with Crippen LogP contribution in [0.5, 0.6) is 0 Å². The highest BCUT2D eigenvalue weighted by atomic mass is 32.2. The number of nitrogens with one attached hydrogen (secondary N) is 1. The van der Waals surface area contributed by atoms with Crippen LogP contribution in [0.2, 0.25) is 0 Å². The second-order valence-corrected chi connectivity index (χ2v) is 7.34. The summed E-state index contributed by atoms with van der Waals surface area (Å²) < 4.78 is 0. The van der Waals surface area contributed by atoms with Crippen LogP contribution in [0.1, 0.15) is 44.9 Å². The predicted octanol–water partition coefficient (Wildman–Crippen LogP) is 4.01. The fourth-order valence-corrected chi connectivity index (χ4v) is 4.46. The Kier molecular flexibility index (Phi) is 4.34. The van der Waals surface area contributed by atoms with Crippen molar-refractivity contribution in [1.29, 1.82) is 0 Å². The molecule has 0 heterocycles. The van der Waals surface area contributed by atoms with Gasteiger partial charge in [0, 0.05) is 27.9 Å². The van der Waals surface area contributed by atoms with Gasteiger partial charge in [0.05, 0.1) is 0 Å². The zero-order valence-corrected chi connectivity index (χ0v) is 12.3. The van der Waals surface area contributed by atoms with Gasteiger partial charge in [-0.05, 0) is 56.4 Å². The summed E-state index contributed by atoms with van der Waals surface area (Å²) in [7, 11) is 0. The predicted molar refractivity (Wildman–Crippen MR) is 83.8 cm³/mol. The van der Waals surface area contributed by atoms with Crippen molar-refractivity contribution >= 4 is 17.4 Å². The van der Waals surface area contributed by atoms with Gasteiger partial charge in [-0.1, -0.05) is 12.8 Å². The third-order valence-corrected chi connectivity index (χ3v) is 5.65. The van der Waals surface area contributed by atoms with Crippen molar-refractivity contribution < 1.29 is 0 Å². The maximum Gasteiger partial charge on any atom is 0.0343 e. The minimum absolute atomic E-state index is 0.398. The standard InChI is InChI=1S/C16H24N2S/c17-12-5-6-14(11-12)18-13-7-9-16(10-8-13)19-15-3-1-2-4-15/h7-10,12,14-15,18H,1-6,11,17H2. The first-order chi connectivity index (χ1) is 9.29. The fraction of sp³-hybridized carbons (Fsp3) is 0.625. The SMILES string of the molecule is NC1CCC(Nc2ccc(SC3CCCC3)cc2)C1. The zero-order chi connectivity index (χ0) is 13.1. The Balaban J connectivity index is 1.53. The molecule has 2 nitrogen and oxygen atoms in total. The molecule has 104 valence electrons. The van der Waals surface area contributed by atoms with Gasteiger partial charge in [-0.3, -0.25) is 0 Å². The third kappa shape index (κ3) is 3.67. The van der Waals surface area contributed by atoms with Crippen molar-refractivity contribution in [2.75, 3.05) is 5.32 Å². The lowest BCUT2D eigenvalue weighted by atomic mass is 10.2. The van der Waals surface area contributed by atoms with Gasteiger partial charge in [0.2, 0.25) is 0 Å². The molecule has 2 aliphatic rings. The van der Waals surface area contributed by atoms with E-state index in [2.05, 4.69) is 41.3 Å². The van der Waals surface area contributed by atoms with E-state index >= 15 is 0 Å². The Morgan fingerprint density at radius 3 is 2.37 bits per heavy atom. The van der Waals surface area contributed by atoms with Gasteiger partial charge < -0.3 is 11.1 Å². The van der Waals surface area contributed by atoms with Gasteiger partial charge in [-0.25, -0.2) is 0 Å². The average molecular weight is 276 g/mol. The Morgan fingerprint density at radius 2 is 1.74 bits per heavy atom.